The SMILES string of the molecule is CC#CC(O)C(CNC(=O)OCc1ccccc1)NC(=O)CNC(=O)c1cccc(C(F)(F)F)c1. The topological polar surface area (TPSA) is 117 Å². The molecule has 2 rings (SSSR count). The van der Waals surface area contributed by atoms with E-state index in [1.54, 1.807) is 24.3 Å². The highest BCUT2D eigenvalue weighted by Crippen LogP contribution is 2.29. The maximum absolute atomic E-state index is 12.8. The summed E-state index contributed by atoms with van der Waals surface area (Å²) >= 11 is 0. The zero-order valence-electron chi connectivity index (χ0n) is 18.7. The number of aliphatic hydroxyl groups is 1. The third-order valence-corrected chi connectivity index (χ3v) is 4.56. The lowest BCUT2D eigenvalue weighted by atomic mass is 10.1. The van der Waals surface area contributed by atoms with Gasteiger partial charge in [0.25, 0.3) is 5.91 Å². The molecule has 2 atom stereocenters. The Balaban J connectivity index is 1.89. The van der Waals surface area contributed by atoms with Crippen molar-refractivity contribution in [3.8, 4) is 11.8 Å². The molecule has 0 bridgehead atoms. The summed E-state index contributed by atoms with van der Waals surface area (Å²) in [6.07, 6.45) is -6.76. The predicted molar refractivity (Wildman–Crippen MR) is 120 cm³/mol. The summed E-state index contributed by atoms with van der Waals surface area (Å²) in [7, 11) is 0. The van der Waals surface area contributed by atoms with Gasteiger partial charge in [0, 0.05) is 12.1 Å². The molecule has 2 unspecified atom stereocenters. The number of carbonyl (C=O) groups excluding carboxylic acids is 3. The van der Waals surface area contributed by atoms with Crippen molar-refractivity contribution in [1.29, 1.82) is 0 Å². The van der Waals surface area contributed by atoms with Crippen LogP contribution in [0.3, 0.4) is 0 Å². The quantitative estimate of drug-likeness (QED) is 0.402. The zero-order valence-corrected chi connectivity index (χ0v) is 18.7. The Morgan fingerprint density at radius 2 is 1.77 bits per heavy atom. The van der Waals surface area contributed by atoms with Crippen molar-refractivity contribution in [3.05, 3.63) is 71.3 Å². The van der Waals surface area contributed by atoms with Gasteiger partial charge in [-0.05, 0) is 30.7 Å². The Morgan fingerprint density at radius 3 is 2.43 bits per heavy atom. The summed E-state index contributed by atoms with van der Waals surface area (Å²) in [6.45, 7) is 0.661. The molecule has 11 heteroatoms. The summed E-state index contributed by atoms with van der Waals surface area (Å²) in [5, 5.41) is 17.2. The molecular weight excluding hydrogens is 467 g/mol. The van der Waals surface area contributed by atoms with E-state index >= 15 is 0 Å². The van der Waals surface area contributed by atoms with E-state index in [1.165, 1.54) is 13.0 Å². The fourth-order valence-corrected chi connectivity index (χ4v) is 2.81. The highest BCUT2D eigenvalue weighted by atomic mass is 19.4. The second-order valence-electron chi connectivity index (χ2n) is 7.22. The summed E-state index contributed by atoms with van der Waals surface area (Å²) < 4.78 is 43.5. The lowest BCUT2D eigenvalue weighted by Gasteiger charge is -2.21. The van der Waals surface area contributed by atoms with E-state index in [0.29, 0.717) is 6.07 Å². The number of benzene rings is 2. The van der Waals surface area contributed by atoms with Gasteiger partial charge in [0.05, 0.1) is 18.2 Å². The number of rotatable bonds is 9. The second kappa shape index (κ2) is 13.0. The van der Waals surface area contributed by atoms with Crippen LogP contribution in [0.4, 0.5) is 18.0 Å². The monoisotopic (exact) mass is 491 g/mol. The highest BCUT2D eigenvalue weighted by Gasteiger charge is 2.31. The van der Waals surface area contributed by atoms with Crippen molar-refractivity contribution in [2.75, 3.05) is 13.1 Å². The Morgan fingerprint density at radius 1 is 1.06 bits per heavy atom. The lowest BCUT2D eigenvalue weighted by Crippen LogP contribution is -2.52. The number of aliphatic hydroxyl groups excluding tert-OH is 1. The van der Waals surface area contributed by atoms with E-state index in [2.05, 4.69) is 27.8 Å². The number of hydrogen-bond acceptors (Lipinski definition) is 5. The minimum atomic E-state index is -4.62. The van der Waals surface area contributed by atoms with Gasteiger partial charge in [-0.3, -0.25) is 9.59 Å². The molecule has 0 aliphatic rings. The van der Waals surface area contributed by atoms with E-state index in [1.807, 2.05) is 6.07 Å². The van der Waals surface area contributed by atoms with Gasteiger partial charge in [0.15, 0.2) is 0 Å². The molecule has 35 heavy (non-hydrogen) atoms. The molecule has 0 saturated heterocycles. The number of alkyl carbamates (subject to hydrolysis) is 1. The van der Waals surface area contributed by atoms with Crippen molar-refractivity contribution in [2.45, 2.75) is 31.9 Å². The first-order chi connectivity index (χ1) is 16.6. The summed E-state index contributed by atoms with van der Waals surface area (Å²) in [4.78, 5) is 36.4. The van der Waals surface area contributed by atoms with Gasteiger partial charge in [-0.15, -0.1) is 5.92 Å². The molecule has 0 saturated carbocycles. The third-order valence-electron chi connectivity index (χ3n) is 4.56. The summed E-state index contributed by atoms with van der Waals surface area (Å²) in [5.74, 6) is 3.29. The third kappa shape index (κ3) is 9.38. The van der Waals surface area contributed by atoms with Gasteiger partial charge >= 0.3 is 12.3 Å². The molecule has 0 heterocycles. The van der Waals surface area contributed by atoms with Crippen LogP contribution in [0.25, 0.3) is 0 Å². The fraction of sp³-hybridized carbons (Fsp3) is 0.292. The van der Waals surface area contributed by atoms with Crippen molar-refractivity contribution in [3.63, 3.8) is 0 Å². The van der Waals surface area contributed by atoms with E-state index < -0.39 is 48.3 Å². The van der Waals surface area contributed by atoms with Crippen LogP contribution in [0.1, 0.15) is 28.4 Å². The molecule has 4 N–H and O–H groups in total. The van der Waals surface area contributed by atoms with Crippen LogP contribution in [0, 0.1) is 11.8 Å². The van der Waals surface area contributed by atoms with E-state index in [4.69, 9.17) is 4.74 Å². The van der Waals surface area contributed by atoms with Crippen LogP contribution in [0.15, 0.2) is 54.6 Å². The average Bonchev–Trinajstić information content (AvgIpc) is 2.84. The molecule has 0 aromatic heterocycles. The van der Waals surface area contributed by atoms with Crippen LogP contribution in [0.2, 0.25) is 0 Å². The minimum absolute atomic E-state index is 0.0165. The van der Waals surface area contributed by atoms with Gasteiger partial charge in [-0.1, -0.05) is 42.3 Å². The first-order valence-corrected chi connectivity index (χ1v) is 10.4. The molecule has 2 aromatic rings. The number of amides is 3. The minimum Gasteiger partial charge on any atom is -0.445 e. The number of nitrogens with one attached hydrogen (secondary N) is 3. The van der Waals surface area contributed by atoms with Crippen molar-refractivity contribution >= 4 is 17.9 Å². The number of alkyl halides is 3. The van der Waals surface area contributed by atoms with Crippen molar-refractivity contribution < 1.29 is 37.4 Å². The maximum Gasteiger partial charge on any atom is 0.416 e. The normalized spacial score (nSPS) is 12.4. The molecular formula is C24H24F3N3O5. The molecule has 0 aliphatic heterocycles. The fourth-order valence-electron chi connectivity index (χ4n) is 2.81. The smallest absolute Gasteiger partial charge is 0.416 e. The van der Waals surface area contributed by atoms with E-state index in [-0.39, 0.29) is 18.7 Å². The van der Waals surface area contributed by atoms with Gasteiger partial charge in [0.2, 0.25) is 5.91 Å². The van der Waals surface area contributed by atoms with Crippen LogP contribution >= 0.6 is 0 Å². The van der Waals surface area contributed by atoms with Gasteiger partial charge in [-0.2, -0.15) is 13.2 Å². The Bertz CT molecular complexity index is 1080. The molecule has 0 radical (unpaired) electrons. The number of ether oxygens (including phenoxy) is 1. The molecule has 8 nitrogen and oxygen atoms in total. The molecule has 2 aromatic carbocycles. The standard InChI is InChI=1S/C24H24F3N3O5/c1-2-7-20(31)19(13-29-23(34)35-15-16-8-4-3-5-9-16)30-21(32)14-28-22(33)17-10-6-11-18(12-17)24(25,26)27/h3-6,8-12,19-20,31H,13-15H2,1H3,(H,28,33)(H,29,34)(H,30,32). The second-order valence-corrected chi connectivity index (χ2v) is 7.22. The van der Waals surface area contributed by atoms with Crippen LogP contribution < -0.4 is 16.0 Å². The van der Waals surface area contributed by atoms with Gasteiger partial charge < -0.3 is 25.8 Å². The molecule has 3 amide bonds. The van der Waals surface area contributed by atoms with Crippen LogP contribution in [0.5, 0.6) is 0 Å². The Kier molecular flexibility index (Phi) is 10.1. The average molecular weight is 491 g/mol. The lowest BCUT2D eigenvalue weighted by molar-refractivity contribution is -0.137. The van der Waals surface area contributed by atoms with Gasteiger partial charge in [0.1, 0.15) is 12.7 Å². The first-order valence-electron chi connectivity index (χ1n) is 10.4. The molecule has 0 aliphatic carbocycles. The van der Waals surface area contributed by atoms with Crippen molar-refractivity contribution in [1.82, 2.24) is 16.0 Å². The van der Waals surface area contributed by atoms with Gasteiger partial charge in [-0.25, -0.2) is 4.79 Å². The maximum atomic E-state index is 12.8. The van der Waals surface area contributed by atoms with Crippen LogP contribution in [-0.2, 0) is 22.3 Å². The molecule has 186 valence electrons. The van der Waals surface area contributed by atoms with Crippen LogP contribution in [-0.4, -0.2) is 48.2 Å². The molecule has 0 fully saturated rings. The Hall–Kier alpha value is -4.04. The molecule has 0 spiro atoms. The number of carbonyl (C=O) groups is 3. The van der Waals surface area contributed by atoms with E-state index in [0.717, 1.165) is 17.7 Å². The zero-order chi connectivity index (χ0) is 25.8. The number of hydrogen-bond donors (Lipinski definition) is 4. The summed E-state index contributed by atoms with van der Waals surface area (Å²) in [5.41, 5.74) is -0.508. The first kappa shape index (κ1) is 27.2. The summed E-state index contributed by atoms with van der Waals surface area (Å²) in [6, 6.07) is 11.6. The largest absolute Gasteiger partial charge is 0.445 e. The highest BCUT2D eigenvalue weighted by molar-refractivity contribution is 5.96. The predicted octanol–water partition coefficient (Wildman–Crippen LogP) is 2.23. The van der Waals surface area contributed by atoms with E-state index in [9.17, 15) is 32.7 Å². The number of halogens is 3. The Labute approximate surface area is 199 Å². The van der Waals surface area contributed by atoms with Crippen molar-refractivity contribution in [2.24, 2.45) is 0 Å².